The number of benzene rings is 1. The van der Waals surface area contributed by atoms with Crippen LogP contribution >= 0.6 is 34.7 Å². The topological polar surface area (TPSA) is 76.1 Å². The lowest BCUT2D eigenvalue weighted by atomic mass is 10.2. The predicted octanol–water partition coefficient (Wildman–Crippen LogP) is 4.45. The first kappa shape index (κ1) is 19.8. The first-order chi connectivity index (χ1) is 11.9. The fraction of sp³-hybridized carbons (Fsp3) is 0.438. The zero-order chi connectivity index (χ0) is 18.4. The number of hydrogen-bond acceptors (Lipinski definition) is 7. The molecule has 1 atom stereocenters. The van der Waals surface area contributed by atoms with Gasteiger partial charge in [-0.05, 0) is 31.9 Å². The lowest BCUT2D eigenvalue weighted by Gasteiger charge is -2.14. The maximum atomic E-state index is 12.5. The molecule has 0 bridgehead atoms. The van der Waals surface area contributed by atoms with Crippen LogP contribution in [0.15, 0.2) is 16.5 Å². The number of nitrogens with zero attached hydrogens (tertiary/aromatic N) is 2. The van der Waals surface area contributed by atoms with Crippen molar-refractivity contribution in [1.82, 2.24) is 10.2 Å². The normalized spacial score (nSPS) is 11.9. The van der Waals surface area contributed by atoms with Gasteiger partial charge in [0.15, 0.2) is 4.34 Å². The van der Waals surface area contributed by atoms with Gasteiger partial charge < -0.3 is 15.4 Å². The molecular weight excluding hydrogens is 380 g/mol. The zero-order valence-electron chi connectivity index (χ0n) is 14.6. The Balaban J connectivity index is 2.01. The number of halogens is 1. The van der Waals surface area contributed by atoms with Crippen LogP contribution in [0.5, 0.6) is 5.75 Å². The van der Waals surface area contributed by atoms with E-state index in [1.165, 1.54) is 23.1 Å². The number of nitrogens with one attached hydrogen (secondary N) is 2. The van der Waals surface area contributed by atoms with E-state index in [-0.39, 0.29) is 11.2 Å². The molecule has 1 amide bonds. The van der Waals surface area contributed by atoms with Gasteiger partial charge in [-0.25, -0.2) is 0 Å². The van der Waals surface area contributed by atoms with Crippen molar-refractivity contribution in [2.75, 3.05) is 24.3 Å². The Morgan fingerprint density at radius 2 is 2.20 bits per heavy atom. The van der Waals surface area contributed by atoms with Crippen LogP contribution < -0.4 is 15.4 Å². The summed E-state index contributed by atoms with van der Waals surface area (Å²) in [5.74, 6) is 0.395. The Hall–Kier alpha value is -1.51. The molecule has 0 unspecified atom stereocenters. The van der Waals surface area contributed by atoms with Gasteiger partial charge >= 0.3 is 0 Å². The molecule has 0 aliphatic rings. The molecule has 1 aromatic heterocycles. The van der Waals surface area contributed by atoms with Gasteiger partial charge in [-0.2, -0.15) is 0 Å². The van der Waals surface area contributed by atoms with Gasteiger partial charge in [-0.3, -0.25) is 4.79 Å². The first-order valence-corrected chi connectivity index (χ1v) is 9.91. The Bertz CT molecular complexity index is 739. The molecule has 0 aliphatic heterocycles. The van der Waals surface area contributed by atoms with Crippen molar-refractivity contribution in [3.05, 3.63) is 22.7 Å². The third-order valence-electron chi connectivity index (χ3n) is 3.32. The average molecular weight is 401 g/mol. The van der Waals surface area contributed by atoms with Gasteiger partial charge in [0.25, 0.3) is 0 Å². The maximum Gasteiger partial charge on any atom is 0.237 e. The summed E-state index contributed by atoms with van der Waals surface area (Å²) >= 11 is 8.91. The fourth-order valence-electron chi connectivity index (χ4n) is 1.93. The van der Waals surface area contributed by atoms with Crippen molar-refractivity contribution in [3.8, 4) is 5.75 Å². The Labute approximate surface area is 160 Å². The van der Waals surface area contributed by atoms with Crippen LogP contribution in [-0.4, -0.2) is 35.0 Å². The van der Waals surface area contributed by atoms with Crippen molar-refractivity contribution >= 4 is 51.4 Å². The second-order valence-electron chi connectivity index (χ2n) is 5.35. The van der Waals surface area contributed by atoms with E-state index in [0.29, 0.717) is 16.5 Å². The van der Waals surface area contributed by atoms with E-state index in [2.05, 4.69) is 27.8 Å². The van der Waals surface area contributed by atoms with Crippen molar-refractivity contribution in [2.45, 2.75) is 36.8 Å². The number of anilines is 2. The first-order valence-electron chi connectivity index (χ1n) is 7.83. The molecule has 0 radical (unpaired) electrons. The highest BCUT2D eigenvalue weighted by molar-refractivity contribution is 8.02. The fourth-order valence-corrected chi connectivity index (χ4v) is 4.00. The molecule has 2 rings (SSSR count). The van der Waals surface area contributed by atoms with Gasteiger partial charge in [0.05, 0.1) is 18.0 Å². The minimum Gasteiger partial charge on any atom is -0.495 e. The maximum absolute atomic E-state index is 12.5. The van der Waals surface area contributed by atoms with Crippen LogP contribution in [0.1, 0.15) is 25.8 Å². The van der Waals surface area contributed by atoms with E-state index in [1.54, 1.807) is 19.2 Å². The summed E-state index contributed by atoms with van der Waals surface area (Å²) in [5.41, 5.74) is 1.47. The summed E-state index contributed by atoms with van der Waals surface area (Å²) in [6.07, 6.45) is 1.02. The molecule has 136 valence electrons. The monoisotopic (exact) mass is 400 g/mol. The molecular formula is C16H21ClN4O2S2. The number of ether oxygens (including phenoxy) is 1. The number of thioether (sulfide) groups is 1. The molecule has 1 aromatic carbocycles. The molecule has 2 aromatic rings. The lowest BCUT2D eigenvalue weighted by molar-refractivity contribution is -0.115. The summed E-state index contributed by atoms with van der Waals surface area (Å²) in [7, 11) is 1.54. The number of methoxy groups -OCH3 is 1. The van der Waals surface area contributed by atoms with Crippen LogP contribution in [-0.2, 0) is 4.79 Å². The predicted molar refractivity (Wildman–Crippen MR) is 105 cm³/mol. The number of carbonyl (C=O) groups is 1. The highest BCUT2D eigenvalue weighted by atomic mass is 35.5. The standard InChI is InChI=1S/C16H21ClN4O2S2/c1-5-6-18-15-20-21-16(25-15)24-10(3)14(22)19-12-7-9(2)11(17)8-13(12)23-4/h7-8,10H,5-6H2,1-4H3,(H,18,20)(H,19,22)/t10-/m0/s1. The highest BCUT2D eigenvalue weighted by Crippen LogP contribution is 2.33. The van der Waals surface area contributed by atoms with Crippen molar-refractivity contribution < 1.29 is 9.53 Å². The van der Waals surface area contributed by atoms with Crippen molar-refractivity contribution in [3.63, 3.8) is 0 Å². The molecule has 1 heterocycles. The van der Waals surface area contributed by atoms with Crippen LogP contribution in [0.2, 0.25) is 5.02 Å². The Morgan fingerprint density at radius 3 is 2.88 bits per heavy atom. The largest absolute Gasteiger partial charge is 0.495 e. The Morgan fingerprint density at radius 1 is 1.44 bits per heavy atom. The summed E-state index contributed by atoms with van der Waals surface area (Å²) in [6, 6.07) is 3.49. The lowest BCUT2D eigenvalue weighted by Crippen LogP contribution is -2.22. The van der Waals surface area contributed by atoms with Gasteiger partial charge in [-0.1, -0.05) is 41.6 Å². The molecule has 25 heavy (non-hydrogen) atoms. The SMILES string of the molecule is CCCNc1nnc(S[C@@H](C)C(=O)Nc2cc(C)c(Cl)cc2OC)s1. The van der Waals surface area contributed by atoms with E-state index in [1.807, 2.05) is 13.8 Å². The molecule has 0 aliphatic carbocycles. The van der Waals surface area contributed by atoms with E-state index in [4.69, 9.17) is 16.3 Å². The number of aryl methyl sites for hydroxylation is 1. The van der Waals surface area contributed by atoms with Crippen LogP contribution in [0.3, 0.4) is 0 Å². The van der Waals surface area contributed by atoms with Gasteiger partial charge in [-0.15, -0.1) is 10.2 Å². The molecule has 0 spiro atoms. The molecule has 2 N–H and O–H groups in total. The molecule has 0 saturated heterocycles. The van der Waals surface area contributed by atoms with E-state index in [9.17, 15) is 4.79 Å². The second-order valence-corrected chi connectivity index (χ2v) is 8.32. The highest BCUT2D eigenvalue weighted by Gasteiger charge is 2.19. The second kappa shape index (κ2) is 9.26. The van der Waals surface area contributed by atoms with E-state index >= 15 is 0 Å². The quantitative estimate of drug-likeness (QED) is 0.637. The van der Waals surface area contributed by atoms with Gasteiger partial charge in [0.2, 0.25) is 11.0 Å². The summed E-state index contributed by atoms with van der Waals surface area (Å²) in [4.78, 5) is 12.5. The van der Waals surface area contributed by atoms with Gasteiger partial charge in [0.1, 0.15) is 5.75 Å². The Kier molecular flexibility index (Phi) is 7.34. The summed E-state index contributed by atoms with van der Waals surface area (Å²) < 4.78 is 6.04. The molecule has 9 heteroatoms. The summed E-state index contributed by atoms with van der Waals surface area (Å²) in [6.45, 7) is 6.64. The number of aromatic nitrogens is 2. The molecule has 0 saturated carbocycles. The van der Waals surface area contributed by atoms with Crippen LogP contribution in [0, 0.1) is 6.92 Å². The number of amides is 1. The zero-order valence-corrected chi connectivity index (χ0v) is 16.9. The minimum atomic E-state index is -0.326. The number of hydrogen-bond donors (Lipinski definition) is 2. The van der Waals surface area contributed by atoms with Crippen molar-refractivity contribution in [1.29, 1.82) is 0 Å². The molecule has 0 fully saturated rings. The van der Waals surface area contributed by atoms with E-state index < -0.39 is 0 Å². The van der Waals surface area contributed by atoms with E-state index in [0.717, 1.165) is 28.0 Å². The minimum absolute atomic E-state index is 0.136. The number of rotatable bonds is 8. The van der Waals surface area contributed by atoms with Crippen LogP contribution in [0.4, 0.5) is 10.8 Å². The third-order valence-corrected chi connectivity index (χ3v) is 5.79. The summed E-state index contributed by atoms with van der Waals surface area (Å²) in [5, 5.41) is 15.3. The molecule has 6 nitrogen and oxygen atoms in total. The van der Waals surface area contributed by atoms with Crippen LogP contribution in [0.25, 0.3) is 0 Å². The van der Waals surface area contributed by atoms with Crippen molar-refractivity contribution in [2.24, 2.45) is 0 Å². The average Bonchev–Trinajstić information content (AvgIpc) is 3.03. The van der Waals surface area contributed by atoms with Gasteiger partial charge in [0, 0.05) is 17.6 Å². The third kappa shape index (κ3) is 5.49. The smallest absolute Gasteiger partial charge is 0.237 e. The number of carbonyl (C=O) groups excluding carboxylic acids is 1.